The van der Waals surface area contributed by atoms with Crippen LogP contribution in [-0.4, -0.2) is 39.4 Å². The highest BCUT2D eigenvalue weighted by Crippen LogP contribution is 1.83. The van der Waals surface area contributed by atoms with Crippen LogP contribution in [0.1, 0.15) is 19.8 Å². The third-order valence-electron chi connectivity index (χ3n) is 1.49. The van der Waals surface area contributed by atoms with Gasteiger partial charge in [-0.3, -0.25) is 4.79 Å². The van der Waals surface area contributed by atoms with Gasteiger partial charge in [0.15, 0.2) is 0 Å². The topological polar surface area (TPSA) is 47.6 Å². The summed E-state index contributed by atoms with van der Waals surface area (Å²) in [6.45, 7) is 4.72. The highest BCUT2D eigenvalue weighted by Gasteiger charge is 1.96. The van der Waals surface area contributed by atoms with E-state index in [2.05, 4.69) is 17.0 Å². The van der Waals surface area contributed by atoms with Crippen LogP contribution in [0.2, 0.25) is 0 Å². The van der Waals surface area contributed by atoms with Crippen LogP contribution in [0.5, 0.6) is 0 Å². The number of ether oxygens (including phenoxy) is 2. The Morgan fingerprint density at radius 3 is 2.77 bits per heavy atom. The van der Waals surface area contributed by atoms with Crippen molar-refractivity contribution in [1.82, 2.24) is 5.32 Å². The number of methoxy groups -OCH3 is 1. The van der Waals surface area contributed by atoms with Crippen molar-refractivity contribution in [2.24, 2.45) is 0 Å². The lowest BCUT2D eigenvalue weighted by Gasteiger charge is -2.03. The predicted octanol–water partition coefficient (Wildman–Crippen LogP) is 0.566. The summed E-state index contributed by atoms with van der Waals surface area (Å²) in [6, 6.07) is 0. The first kappa shape index (κ1) is 12.4. The lowest BCUT2D eigenvalue weighted by Crippen LogP contribution is -2.25. The van der Waals surface area contributed by atoms with E-state index in [0.29, 0.717) is 0 Å². The van der Waals surface area contributed by atoms with E-state index >= 15 is 0 Å². The Morgan fingerprint density at radius 1 is 1.38 bits per heavy atom. The fourth-order valence-corrected chi connectivity index (χ4v) is 0.808. The SMILES string of the molecule is CCCOCCCNCC(=O)OC. The molecule has 0 aliphatic carbocycles. The summed E-state index contributed by atoms with van der Waals surface area (Å²) in [4.78, 5) is 10.6. The monoisotopic (exact) mass is 189 g/mol. The van der Waals surface area contributed by atoms with E-state index in [1.165, 1.54) is 7.11 Å². The molecule has 4 heteroatoms. The molecule has 0 aliphatic rings. The number of carbonyl (C=O) groups is 1. The number of carbonyl (C=O) groups excluding carboxylic acids is 1. The average molecular weight is 189 g/mol. The van der Waals surface area contributed by atoms with Gasteiger partial charge in [0.2, 0.25) is 0 Å². The zero-order valence-electron chi connectivity index (χ0n) is 8.47. The van der Waals surface area contributed by atoms with E-state index in [1.807, 2.05) is 0 Å². The van der Waals surface area contributed by atoms with Crippen molar-refractivity contribution in [2.45, 2.75) is 19.8 Å². The van der Waals surface area contributed by atoms with Gasteiger partial charge in [-0.2, -0.15) is 0 Å². The van der Waals surface area contributed by atoms with Gasteiger partial charge in [0.05, 0.1) is 13.7 Å². The molecule has 0 saturated heterocycles. The summed E-state index contributed by atoms with van der Waals surface area (Å²) in [5, 5.41) is 2.96. The molecule has 0 aromatic rings. The molecule has 0 radical (unpaired) electrons. The molecule has 0 spiro atoms. The molecule has 0 aromatic heterocycles. The van der Waals surface area contributed by atoms with E-state index in [-0.39, 0.29) is 12.5 Å². The normalized spacial score (nSPS) is 10.0. The van der Waals surface area contributed by atoms with Crippen LogP contribution in [0, 0.1) is 0 Å². The molecule has 1 N–H and O–H groups in total. The van der Waals surface area contributed by atoms with Crippen LogP contribution < -0.4 is 5.32 Å². The van der Waals surface area contributed by atoms with Crippen molar-refractivity contribution in [1.29, 1.82) is 0 Å². The van der Waals surface area contributed by atoms with Crippen LogP contribution >= 0.6 is 0 Å². The van der Waals surface area contributed by atoms with E-state index in [1.54, 1.807) is 0 Å². The molecular formula is C9H19NO3. The van der Waals surface area contributed by atoms with E-state index in [9.17, 15) is 4.79 Å². The fourth-order valence-electron chi connectivity index (χ4n) is 0.808. The second-order valence-electron chi connectivity index (χ2n) is 2.72. The summed E-state index contributed by atoms with van der Waals surface area (Å²) in [6.07, 6.45) is 1.98. The van der Waals surface area contributed by atoms with Gasteiger partial charge < -0.3 is 14.8 Å². The first-order valence-electron chi connectivity index (χ1n) is 4.66. The molecule has 0 amide bonds. The van der Waals surface area contributed by atoms with Gasteiger partial charge in [-0.1, -0.05) is 6.92 Å². The Kier molecular flexibility index (Phi) is 9.03. The van der Waals surface area contributed by atoms with E-state index < -0.39 is 0 Å². The van der Waals surface area contributed by atoms with E-state index in [4.69, 9.17) is 4.74 Å². The van der Waals surface area contributed by atoms with Crippen molar-refractivity contribution >= 4 is 5.97 Å². The maximum Gasteiger partial charge on any atom is 0.319 e. The number of nitrogens with one attached hydrogen (secondary N) is 1. The molecule has 13 heavy (non-hydrogen) atoms. The smallest absolute Gasteiger partial charge is 0.319 e. The van der Waals surface area contributed by atoms with Gasteiger partial charge in [-0.15, -0.1) is 0 Å². The van der Waals surface area contributed by atoms with Gasteiger partial charge in [-0.25, -0.2) is 0 Å². The van der Waals surface area contributed by atoms with Crippen molar-refractivity contribution in [3.8, 4) is 0 Å². The highest BCUT2D eigenvalue weighted by molar-refractivity contribution is 5.71. The molecule has 4 nitrogen and oxygen atoms in total. The van der Waals surface area contributed by atoms with Gasteiger partial charge in [0.25, 0.3) is 0 Å². The van der Waals surface area contributed by atoms with Crippen LogP contribution in [0.15, 0.2) is 0 Å². The third-order valence-corrected chi connectivity index (χ3v) is 1.49. The zero-order chi connectivity index (χ0) is 9.94. The van der Waals surface area contributed by atoms with Crippen molar-refractivity contribution in [3.63, 3.8) is 0 Å². The number of hydrogen-bond acceptors (Lipinski definition) is 4. The minimum atomic E-state index is -0.227. The first-order valence-corrected chi connectivity index (χ1v) is 4.66. The molecular weight excluding hydrogens is 170 g/mol. The highest BCUT2D eigenvalue weighted by atomic mass is 16.5. The molecule has 0 rings (SSSR count). The molecule has 0 bridgehead atoms. The molecule has 0 saturated carbocycles. The maximum atomic E-state index is 10.6. The second kappa shape index (κ2) is 9.48. The average Bonchev–Trinajstić information content (AvgIpc) is 2.16. The van der Waals surface area contributed by atoms with Crippen LogP contribution in [0.3, 0.4) is 0 Å². The van der Waals surface area contributed by atoms with Crippen molar-refractivity contribution < 1.29 is 14.3 Å². The lowest BCUT2D eigenvalue weighted by molar-refractivity contribution is -0.139. The summed E-state index contributed by atoms with van der Waals surface area (Å²) in [5.74, 6) is -0.227. The Balaban J connectivity index is 2.95. The number of rotatable bonds is 8. The second-order valence-corrected chi connectivity index (χ2v) is 2.72. The Hall–Kier alpha value is -0.610. The van der Waals surface area contributed by atoms with Gasteiger partial charge in [-0.05, 0) is 19.4 Å². The molecule has 78 valence electrons. The summed E-state index contributed by atoms with van der Waals surface area (Å²) in [5.41, 5.74) is 0. The molecule has 0 atom stereocenters. The zero-order valence-corrected chi connectivity index (χ0v) is 8.47. The molecule has 0 aromatic carbocycles. The summed E-state index contributed by atoms with van der Waals surface area (Å²) >= 11 is 0. The molecule has 0 aliphatic heterocycles. The summed E-state index contributed by atoms with van der Waals surface area (Å²) in [7, 11) is 1.38. The van der Waals surface area contributed by atoms with Crippen molar-refractivity contribution in [3.05, 3.63) is 0 Å². The number of hydrogen-bond donors (Lipinski definition) is 1. The minimum Gasteiger partial charge on any atom is -0.468 e. The van der Waals surface area contributed by atoms with Crippen LogP contribution in [0.4, 0.5) is 0 Å². The molecule has 0 unspecified atom stereocenters. The first-order chi connectivity index (χ1) is 6.31. The molecule has 0 fully saturated rings. The predicted molar refractivity (Wildman–Crippen MR) is 50.6 cm³/mol. The Bertz CT molecular complexity index is 128. The maximum absolute atomic E-state index is 10.6. The lowest BCUT2D eigenvalue weighted by atomic mass is 10.4. The number of esters is 1. The third kappa shape index (κ3) is 9.30. The minimum absolute atomic E-state index is 0.227. The fraction of sp³-hybridized carbons (Fsp3) is 0.889. The summed E-state index contributed by atoms with van der Waals surface area (Å²) < 4.78 is 9.72. The standard InChI is InChI=1S/C9H19NO3/c1-3-6-13-7-4-5-10-8-9(11)12-2/h10H,3-8H2,1-2H3. The Morgan fingerprint density at radius 2 is 2.15 bits per heavy atom. The van der Waals surface area contributed by atoms with Crippen LogP contribution in [0.25, 0.3) is 0 Å². The quantitative estimate of drug-likeness (QED) is 0.448. The van der Waals surface area contributed by atoms with E-state index in [0.717, 1.165) is 32.6 Å². The van der Waals surface area contributed by atoms with Gasteiger partial charge in [0, 0.05) is 13.2 Å². The van der Waals surface area contributed by atoms with Crippen molar-refractivity contribution in [2.75, 3.05) is 33.4 Å². The largest absolute Gasteiger partial charge is 0.468 e. The van der Waals surface area contributed by atoms with Gasteiger partial charge >= 0.3 is 5.97 Å². The molecule has 0 heterocycles. The Labute approximate surface area is 79.6 Å². The van der Waals surface area contributed by atoms with Gasteiger partial charge in [0.1, 0.15) is 0 Å². The van der Waals surface area contributed by atoms with Crippen LogP contribution in [-0.2, 0) is 14.3 Å².